The molecule has 0 atom stereocenters. The van der Waals surface area contributed by atoms with E-state index in [1.807, 2.05) is 13.0 Å². The van der Waals surface area contributed by atoms with Crippen molar-refractivity contribution in [3.05, 3.63) is 18.0 Å². The van der Waals surface area contributed by atoms with Crippen molar-refractivity contribution in [1.29, 1.82) is 0 Å². The van der Waals surface area contributed by atoms with Crippen LogP contribution < -0.4 is 0 Å². The van der Waals surface area contributed by atoms with Crippen molar-refractivity contribution in [1.82, 2.24) is 9.78 Å². The molecule has 1 aromatic heterocycles. The van der Waals surface area contributed by atoms with E-state index in [1.54, 1.807) is 31.6 Å². The zero-order chi connectivity index (χ0) is 10.8. The lowest BCUT2D eigenvalue weighted by molar-refractivity contribution is -0.152. The summed E-state index contributed by atoms with van der Waals surface area (Å²) in [7, 11) is 0. The zero-order valence-electron chi connectivity index (χ0n) is 9.07. The molecule has 0 aliphatic rings. The topological polar surface area (TPSA) is 44.1 Å². The molecule has 14 heavy (non-hydrogen) atoms. The van der Waals surface area contributed by atoms with Gasteiger partial charge in [0.2, 0.25) is 0 Å². The van der Waals surface area contributed by atoms with Crippen molar-refractivity contribution < 1.29 is 9.53 Å². The van der Waals surface area contributed by atoms with Gasteiger partial charge in [0.25, 0.3) is 0 Å². The van der Waals surface area contributed by atoms with Gasteiger partial charge in [0.05, 0.1) is 12.3 Å². The van der Waals surface area contributed by atoms with E-state index in [2.05, 4.69) is 5.10 Å². The van der Waals surface area contributed by atoms with Crippen LogP contribution in [0.3, 0.4) is 0 Å². The highest BCUT2D eigenvalue weighted by Crippen LogP contribution is 2.16. The van der Waals surface area contributed by atoms with Crippen molar-refractivity contribution in [2.75, 3.05) is 6.61 Å². The third kappa shape index (κ3) is 1.95. The first-order valence-corrected chi connectivity index (χ1v) is 4.68. The first-order valence-electron chi connectivity index (χ1n) is 4.68. The Bertz CT molecular complexity index is 329. The van der Waals surface area contributed by atoms with Gasteiger partial charge < -0.3 is 4.74 Å². The molecule has 0 amide bonds. The molecule has 0 spiro atoms. The molecule has 4 nitrogen and oxygen atoms in total. The zero-order valence-corrected chi connectivity index (χ0v) is 9.07. The van der Waals surface area contributed by atoms with Crippen LogP contribution in [-0.4, -0.2) is 22.4 Å². The van der Waals surface area contributed by atoms with Gasteiger partial charge in [-0.15, -0.1) is 0 Å². The summed E-state index contributed by atoms with van der Waals surface area (Å²) in [6, 6.07) is 1.86. The molecule has 1 heterocycles. The van der Waals surface area contributed by atoms with Crippen molar-refractivity contribution in [3.63, 3.8) is 0 Å². The van der Waals surface area contributed by atoms with Gasteiger partial charge in [0.1, 0.15) is 0 Å². The molecule has 0 radical (unpaired) electrons. The number of carbonyl (C=O) groups is 1. The van der Waals surface area contributed by atoms with Gasteiger partial charge in [-0.2, -0.15) is 5.10 Å². The van der Waals surface area contributed by atoms with Crippen LogP contribution >= 0.6 is 0 Å². The maximum atomic E-state index is 11.6. The van der Waals surface area contributed by atoms with E-state index in [1.165, 1.54) is 0 Å². The van der Waals surface area contributed by atoms with E-state index in [0.717, 1.165) is 5.69 Å². The van der Waals surface area contributed by atoms with Crippen LogP contribution in [0, 0.1) is 6.92 Å². The highest BCUT2D eigenvalue weighted by molar-refractivity contribution is 5.77. The summed E-state index contributed by atoms with van der Waals surface area (Å²) in [6.07, 6.45) is 1.78. The van der Waals surface area contributed by atoms with Crippen molar-refractivity contribution in [2.24, 2.45) is 0 Å². The lowest BCUT2D eigenvalue weighted by Crippen LogP contribution is -2.37. The minimum atomic E-state index is -0.732. The fraction of sp³-hybridized carbons (Fsp3) is 0.600. The Kier molecular flexibility index (Phi) is 2.93. The van der Waals surface area contributed by atoms with Gasteiger partial charge in [0.15, 0.2) is 5.54 Å². The number of aromatic nitrogens is 2. The van der Waals surface area contributed by atoms with Gasteiger partial charge in [-0.25, -0.2) is 4.79 Å². The predicted octanol–water partition coefficient (Wildman–Crippen LogP) is 1.49. The molecule has 0 bridgehead atoms. The maximum Gasteiger partial charge on any atom is 0.333 e. The smallest absolute Gasteiger partial charge is 0.333 e. The van der Waals surface area contributed by atoms with Gasteiger partial charge in [-0.3, -0.25) is 4.68 Å². The minimum Gasteiger partial charge on any atom is -0.464 e. The summed E-state index contributed by atoms with van der Waals surface area (Å²) in [5.41, 5.74) is 0.159. The lowest BCUT2D eigenvalue weighted by Gasteiger charge is -2.22. The van der Waals surface area contributed by atoms with Crippen LogP contribution in [0.2, 0.25) is 0 Å². The van der Waals surface area contributed by atoms with Crippen LogP contribution in [0.25, 0.3) is 0 Å². The first-order chi connectivity index (χ1) is 6.48. The van der Waals surface area contributed by atoms with Crippen LogP contribution in [0.5, 0.6) is 0 Å². The fourth-order valence-electron chi connectivity index (χ4n) is 1.13. The Morgan fingerprint density at radius 3 is 2.71 bits per heavy atom. The summed E-state index contributed by atoms with van der Waals surface area (Å²) in [4.78, 5) is 11.6. The molecule has 0 saturated heterocycles. The number of rotatable bonds is 3. The number of ether oxygens (including phenoxy) is 1. The summed E-state index contributed by atoms with van der Waals surface area (Å²) < 4.78 is 6.60. The Morgan fingerprint density at radius 2 is 2.29 bits per heavy atom. The largest absolute Gasteiger partial charge is 0.464 e. The molecule has 0 fully saturated rings. The predicted molar refractivity (Wildman–Crippen MR) is 52.9 cm³/mol. The summed E-state index contributed by atoms with van der Waals surface area (Å²) in [5.74, 6) is -0.261. The second-order valence-corrected chi connectivity index (χ2v) is 3.68. The van der Waals surface area contributed by atoms with E-state index in [9.17, 15) is 4.79 Å². The molecule has 4 heteroatoms. The molecule has 0 aromatic carbocycles. The van der Waals surface area contributed by atoms with Crippen LogP contribution in [0.4, 0.5) is 0 Å². The molecular weight excluding hydrogens is 180 g/mol. The maximum absolute atomic E-state index is 11.6. The SMILES string of the molecule is CCOC(=O)C(C)(C)n1ccc(C)n1. The Hall–Kier alpha value is -1.32. The Morgan fingerprint density at radius 1 is 1.64 bits per heavy atom. The number of hydrogen-bond acceptors (Lipinski definition) is 3. The second kappa shape index (κ2) is 3.82. The van der Waals surface area contributed by atoms with Gasteiger partial charge >= 0.3 is 5.97 Å². The standard InChI is InChI=1S/C10H16N2O2/c1-5-14-9(13)10(3,4)12-7-6-8(2)11-12/h6-7H,5H2,1-4H3. The highest BCUT2D eigenvalue weighted by atomic mass is 16.5. The van der Waals surface area contributed by atoms with Crippen LogP contribution in [0.15, 0.2) is 12.3 Å². The van der Waals surface area contributed by atoms with Crippen molar-refractivity contribution >= 4 is 5.97 Å². The Labute approximate surface area is 83.9 Å². The van der Waals surface area contributed by atoms with E-state index in [-0.39, 0.29) is 5.97 Å². The van der Waals surface area contributed by atoms with E-state index in [4.69, 9.17) is 4.74 Å². The van der Waals surface area contributed by atoms with Gasteiger partial charge in [-0.05, 0) is 33.8 Å². The third-order valence-electron chi connectivity index (χ3n) is 2.07. The molecule has 0 aliphatic heterocycles. The minimum absolute atomic E-state index is 0.261. The highest BCUT2D eigenvalue weighted by Gasteiger charge is 2.31. The average Bonchev–Trinajstić information content (AvgIpc) is 2.52. The normalized spacial score (nSPS) is 11.4. The molecule has 78 valence electrons. The number of hydrogen-bond donors (Lipinski definition) is 0. The Balaban J connectivity index is 2.89. The first kappa shape index (κ1) is 10.8. The van der Waals surface area contributed by atoms with E-state index < -0.39 is 5.54 Å². The molecule has 0 aliphatic carbocycles. The molecular formula is C10H16N2O2. The average molecular weight is 196 g/mol. The van der Waals surface area contributed by atoms with Crippen LogP contribution in [-0.2, 0) is 15.1 Å². The van der Waals surface area contributed by atoms with E-state index >= 15 is 0 Å². The van der Waals surface area contributed by atoms with Crippen molar-refractivity contribution in [2.45, 2.75) is 33.2 Å². The van der Waals surface area contributed by atoms with E-state index in [0.29, 0.717) is 6.61 Å². The summed E-state index contributed by atoms with van der Waals surface area (Å²) in [6.45, 7) is 7.65. The van der Waals surface area contributed by atoms with Gasteiger partial charge in [0, 0.05) is 6.20 Å². The summed E-state index contributed by atoms with van der Waals surface area (Å²) in [5, 5.41) is 4.20. The number of carbonyl (C=O) groups excluding carboxylic acids is 1. The molecule has 1 rings (SSSR count). The quantitative estimate of drug-likeness (QED) is 0.688. The van der Waals surface area contributed by atoms with Crippen molar-refractivity contribution in [3.8, 4) is 0 Å². The number of esters is 1. The third-order valence-corrected chi connectivity index (χ3v) is 2.07. The molecule has 1 aromatic rings. The second-order valence-electron chi connectivity index (χ2n) is 3.68. The van der Waals surface area contributed by atoms with Crippen LogP contribution in [0.1, 0.15) is 26.5 Å². The van der Waals surface area contributed by atoms with Gasteiger partial charge in [-0.1, -0.05) is 0 Å². The number of nitrogens with zero attached hydrogens (tertiary/aromatic N) is 2. The lowest BCUT2D eigenvalue weighted by atomic mass is 10.1. The summed E-state index contributed by atoms with van der Waals surface area (Å²) >= 11 is 0. The monoisotopic (exact) mass is 196 g/mol. The molecule has 0 N–H and O–H groups in total. The number of aryl methyl sites for hydroxylation is 1. The molecule has 0 saturated carbocycles. The molecule has 0 unspecified atom stereocenters. The fourth-order valence-corrected chi connectivity index (χ4v) is 1.13.